The lowest BCUT2D eigenvalue weighted by Crippen LogP contribution is -2.19. The molecule has 0 bridgehead atoms. The Balaban J connectivity index is 1.75. The van der Waals surface area contributed by atoms with Crippen LogP contribution in [-0.4, -0.2) is 25.9 Å². The molecule has 1 aromatic rings. The van der Waals surface area contributed by atoms with E-state index in [2.05, 4.69) is 53.3 Å². The van der Waals surface area contributed by atoms with Crippen LogP contribution in [0.4, 0.5) is 0 Å². The van der Waals surface area contributed by atoms with E-state index in [1.165, 1.54) is 11.1 Å². The van der Waals surface area contributed by atoms with Gasteiger partial charge in [0.05, 0.1) is 19.3 Å². The summed E-state index contributed by atoms with van der Waals surface area (Å²) in [6.45, 7) is 8.62. The third-order valence-corrected chi connectivity index (χ3v) is 4.32. The molecule has 1 saturated heterocycles. The molecule has 0 radical (unpaired) electrons. The zero-order valence-corrected chi connectivity index (χ0v) is 14.6. The van der Waals surface area contributed by atoms with Gasteiger partial charge in [0.25, 0.3) is 0 Å². The number of hydrogen-bond acceptors (Lipinski definition) is 3. The third kappa shape index (κ3) is 6.07. The van der Waals surface area contributed by atoms with Crippen molar-refractivity contribution in [1.82, 2.24) is 5.32 Å². The zero-order valence-electron chi connectivity index (χ0n) is 13.0. The van der Waals surface area contributed by atoms with Gasteiger partial charge in [-0.2, -0.15) is 0 Å². The van der Waals surface area contributed by atoms with Crippen LogP contribution >= 0.6 is 15.9 Å². The first kappa shape index (κ1) is 16.9. The predicted octanol–water partition coefficient (Wildman–Crippen LogP) is 3.89. The van der Waals surface area contributed by atoms with Gasteiger partial charge in [-0.05, 0) is 42.5 Å². The normalized spacial score (nSPS) is 18.6. The number of halogens is 1. The lowest BCUT2D eigenvalue weighted by molar-refractivity contribution is 0.0104. The number of benzene rings is 1. The molecule has 0 amide bonds. The Hall–Kier alpha value is -0.420. The van der Waals surface area contributed by atoms with Gasteiger partial charge in [0.1, 0.15) is 0 Å². The van der Waals surface area contributed by atoms with Gasteiger partial charge in [-0.15, -0.1) is 0 Å². The fraction of sp³-hybridized carbons (Fsp3) is 0.647. The molecule has 1 N–H and O–H groups in total. The average Bonchev–Trinajstić information content (AvgIpc) is 2.94. The van der Waals surface area contributed by atoms with E-state index >= 15 is 0 Å². The van der Waals surface area contributed by atoms with Crippen molar-refractivity contribution < 1.29 is 9.47 Å². The SMILES string of the molecule is CC(C)CNCc1ccc(COCC2CCCO2)c(Br)c1. The Bertz CT molecular complexity index is 431. The van der Waals surface area contributed by atoms with Crippen LogP contribution in [0, 0.1) is 5.92 Å². The van der Waals surface area contributed by atoms with E-state index in [4.69, 9.17) is 9.47 Å². The molecule has 118 valence electrons. The van der Waals surface area contributed by atoms with Crippen LogP contribution in [-0.2, 0) is 22.6 Å². The van der Waals surface area contributed by atoms with Gasteiger partial charge in [0, 0.05) is 17.6 Å². The minimum atomic E-state index is 0.295. The largest absolute Gasteiger partial charge is 0.376 e. The van der Waals surface area contributed by atoms with Crippen molar-refractivity contribution in [2.75, 3.05) is 19.8 Å². The second-order valence-corrected chi connectivity index (χ2v) is 6.96. The number of rotatable bonds is 8. The summed E-state index contributed by atoms with van der Waals surface area (Å²) in [7, 11) is 0. The molecule has 4 heteroatoms. The highest BCUT2D eigenvalue weighted by molar-refractivity contribution is 9.10. The summed E-state index contributed by atoms with van der Waals surface area (Å²) in [5, 5.41) is 3.46. The molecule has 0 spiro atoms. The van der Waals surface area contributed by atoms with Crippen LogP contribution in [0.5, 0.6) is 0 Å². The van der Waals surface area contributed by atoms with Gasteiger partial charge >= 0.3 is 0 Å². The van der Waals surface area contributed by atoms with Crippen molar-refractivity contribution in [3.63, 3.8) is 0 Å². The van der Waals surface area contributed by atoms with Gasteiger partial charge in [-0.25, -0.2) is 0 Å². The number of hydrogen-bond donors (Lipinski definition) is 1. The van der Waals surface area contributed by atoms with Gasteiger partial charge < -0.3 is 14.8 Å². The fourth-order valence-electron chi connectivity index (χ4n) is 2.40. The first-order valence-electron chi connectivity index (χ1n) is 7.82. The standard InChI is InChI=1S/C17H26BrNO2/c1-13(2)9-19-10-14-5-6-15(17(18)8-14)11-20-12-16-4-3-7-21-16/h5-6,8,13,16,19H,3-4,7,9-12H2,1-2H3. The summed E-state index contributed by atoms with van der Waals surface area (Å²) in [5.41, 5.74) is 2.49. The molecule has 1 heterocycles. The lowest BCUT2D eigenvalue weighted by atomic mass is 10.1. The van der Waals surface area contributed by atoms with E-state index < -0.39 is 0 Å². The molecule has 21 heavy (non-hydrogen) atoms. The number of nitrogens with one attached hydrogen (secondary N) is 1. The van der Waals surface area contributed by atoms with Crippen LogP contribution in [0.3, 0.4) is 0 Å². The molecule has 2 rings (SSSR count). The molecule has 0 aliphatic carbocycles. The van der Waals surface area contributed by atoms with Crippen molar-refractivity contribution in [2.24, 2.45) is 5.92 Å². The van der Waals surface area contributed by atoms with E-state index in [-0.39, 0.29) is 0 Å². The third-order valence-electron chi connectivity index (χ3n) is 3.58. The van der Waals surface area contributed by atoms with Crippen molar-refractivity contribution in [3.8, 4) is 0 Å². The van der Waals surface area contributed by atoms with E-state index in [1.54, 1.807) is 0 Å². The van der Waals surface area contributed by atoms with Gasteiger partial charge in [-0.1, -0.05) is 41.9 Å². The van der Waals surface area contributed by atoms with Gasteiger partial charge in [0.2, 0.25) is 0 Å². The molecule has 0 saturated carbocycles. The molecular formula is C17H26BrNO2. The van der Waals surface area contributed by atoms with Crippen molar-refractivity contribution in [2.45, 2.75) is 45.9 Å². The Morgan fingerprint density at radius 3 is 2.95 bits per heavy atom. The smallest absolute Gasteiger partial charge is 0.0809 e. The zero-order chi connectivity index (χ0) is 15.1. The predicted molar refractivity (Wildman–Crippen MR) is 89.3 cm³/mol. The molecule has 3 nitrogen and oxygen atoms in total. The van der Waals surface area contributed by atoms with Crippen molar-refractivity contribution >= 4 is 15.9 Å². The molecule has 1 atom stereocenters. The quantitative estimate of drug-likeness (QED) is 0.767. The summed E-state index contributed by atoms with van der Waals surface area (Å²) >= 11 is 3.64. The van der Waals surface area contributed by atoms with E-state index in [9.17, 15) is 0 Å². The minimum Gasteiger partial charge on any atom is -0.376 e. The van der Waals surface area contributed by atoms with Crippen LogP contribution in [0.1, 0.15) is 37.8 Å². The summed E-state index contributed by atoms with van der Waals surface area (Å²) in [6.07, 6.45) is 2.58. The van der Waals surface area contributed by atoms with Crippen LogP contribution in [0.2, 0.25) is 0 Å². The van der Waals surface area contributed by atoms with Gasteiger partial charge in [0.15, 0.2) is 0 Å². The summed E-state index contributed by atoms with van der Waals surface area (Å²) in [5.74, 6) is 0.680. The van der Waals surface area contributed by atoms with Crippen LogP contribution < -0.4 is 5.32 Å². The second kappa shape index (κ2) is 8.89. The van der Waals surface area contributed by atoms with E-state index in [0.717, 1.165) is 37.0 Å². The van der Waals surface area contributed by atoms with E-state index in [0.29, 0.717) is 25.2 Å². The summed E-state index contributed by atoms with van der Waals surface area (Å²) in [6, 6.07) is 6.49. The first-order chi connectivity index (χ1) is 10.1. The Labute approximate surface area is 136 Å². The van der Waals surface area contributed by atoms with E-state index in [1.807, 2.05) is 0 Å². The Kier molecular flexibility index (Phi) is 7.17. The molecule has 1 fully saturated rings. The second-order valence-electron chi connectivity index (χ2n) is 6.10. The van der Waals surface area contributed by atoms with Crippen LogP contribution in [0.15, 0.2) is 22.7 Å². The maximum atomic E-state index is 5.77. The molecule has 0 aromatic heterocycles. The topological polar surface area (TPSA) is 30.5 Å². The highest BCUT2D eigenvalue weighted by Crippen LogP contribution is 2.20. The molecule has 1 aromatic carbocycles. The lowest BCUT2D eigenvalue weighted by Gasteiger charge is -2.12. The minimum absolute atomic E-state index is 0.295. The molecular weight excluding hydrogens is 330 g/mol. The van der Waals surface area contributed by atoms with Crippen molar-refractivity contribution in [3.05, 3.63) is 33.8 Å². The summed E-state index contributed by atoms with van der Waals surface area (Å²) < 4.78 is 12.4. The average molecular weight is 356 g/mol. The summed E-state index contributed by atoms with van der Waals surface area (Å²) in [4.78, 5) is 0. The molecule has 1 aliphatic heterocycles. The van der Waals surface area contributed by atoms with Crippen LogP contribution in [0.25, 0.3) is 0 Å². The maximum absolute atomic E-state index is 5.77. The van der Waals surface area contributed by atoms with Gasteiger partial charge in [-0.3, -0.25) is 0 Å². The Morgan fingerprint density at radius 2 is 2.29 bits per heavy atom. The highest BCUT2D eigenvalue weighted by Gasteiger charge is 2.15. The highest BCUT2D eigenvalue weighted by atomic mass is 79.9. The molecule has 1 aliphatic rings. The fourth-order valence-corrected chi connectivity index (χ4v) is 2.94. The molecule has 1 unspecified atom stereocenters. The monoisotopic (exact) mass is 355 g/mol. The maximum Gasteiger partial charge on any atom is 0.0809 e. The Morgan fingerprint density at radius 1 is 1.43 bits per heavy atom. The number of ether oxygens (including phenoxy) is 2. The first-order valence-corrected chi connectivity index (χ1v) is 8.62. The van der Waals surface area contributed by atoms with Crippen molar-refractivity contribution in [1.29, 1.82) is 0 Å².